The Morgan fingerprint density at radius 3 is 2.88 bits per heavy atom. The molecular formula is C20H18N2O3S. The monoisotopic (exact) mass is 366 g/mol. The summed E-state index contributed by atoms with van der Waals surface area (Å²) in [6.45, 7) is 2.23. The zero-order valence-electron chi connectivity index (χ0n) is 14.5. The van der Waals surface area contributed by atoms with E-state index in [0.717, 1.165) is 26.5 Å². The molecule has 1 amide bonds. The number of benzene rings is 2. The molecule has 1 atom stereocenters. The second kappa shape index (κ2) is 6.80. The van der Waals surface area contributed by atoms with Gasteiger partial charge in [-0.2, -0.15) is 0 Å². The van der Waals surface area contributed by atoms with Crippen LogP contribution >= 0.6 is 11.3 Å². The molecule has 2 aromatic carbocycles. The number of thiazole rings is 1. The molecule has 26 heavy (non-hydrogen) atoms. The summed E-state index contributed by atoms with van der Waals surface area (Å²) in [5.41, 5.74) is 1.86. The third-order valence-corrected chi connectivity index (χ3v) is 5.62. The summed E-state index contributed by atoms with van der Waals surface area (Å²) in [6.07, 6.45) is 3.35. The first kappa shape index (κ1) is 16.6. The topological polar surface area (TPSA) is 51.7 Å². The molecule has 132 valence electrons. The van der Waals surface area contributed by atoms with Gasteiger partial charge in [0.05, 0.1) is 16.3 Å². The van der Waals surface area contributed by atoms with E-state index >= 15 is 0 Å². The molecule has 2 heterocycles. The van der Waals surface area contributed by atoms with Crippen molar-refractivity contribution in [1.82, 2.24) is 9.88 Å². The third-order valence-electron chi connectivity index (χ3n) is 4.41. The molecule has 0 saturated heterocycles. The number of rotatable bonds is 4. The number of para-hydroxylation sites is 1. The normalized spacial score (nSPS) is 14.1. The lowest BCUT2D eigenvalue weighted by Gasteiger charge is -2.21. The minimum absolute atomic E-state index is 0.0746. The first-order chi connectivity index (χ1) is 12.6. The van der Waals surface area contributed by atoms with Crippen LogP contribution in [0.5, 0.6) is 11.5 Å². The minimum Gasteiger partial charge on any atom is -0.454 e. The Morgan fingerprint density at radius 1 is 1.23 bits per heavy atom. The fraction of sp³-hybridized carbons (Fsp3) is 0.200. The molecule has 0 N–H and O–H groups in total. The van der Waals surface area contributed by atoms with Gasteiger partial charge in [0, 0.05) is 13.1 Å². The van der Waals surface area contributed by atoms with Crippen molar-refractivity contribution in [2.45, 2.75) is 13.0 Å². The number of hydrogen-bond acceptors (Lipinski definition) is 5. The zero-order chi connectivity index (χ0) is 18.1. The lowest BCUT2D eigenvalue weighted by molar-refractivity contribution is -0.126. The van der Waals surface area contributed by atoms with Crippen LogP contribution in [0.4, 0.5) is 0 Å². The Hall–Kier alpha value is -2.86. The van der Waals surface area contributed by atoms with Gasteiger partial charge in [0.1, 0.15) is 5.01 Å². The molecule has 0 fully saturated rings. The second-order valence-electron chi connectivity index (χ2n) is 6.09. The SMILES string of the molecule is C[C@H](c1nc2ccccc2s1)N(C)C(=O)/C=C/c1ccc2c(c1)OCO2. The molecule has 1 aliphatic heterocycles. The van der Waals surface area contributed by atoms with Crippen molar-refractivity contribution in [3.63, 3.8) is 0 Å². The largest absolute Gasteiger partial charge is 0.454 e. The molecule has 1 aliphatic rings. The van der Waals surface area contributed by atoms with E-state index in [9.17, 15) is 4.79 Å². The van der Waals surface area contributed by atoms with Crippen LogP contribution in [0, 0.1) is 0 Å². The van der Waals surface area contributed by atoms with Gasteiger partial charge in [-0.1, -0.05) is 18.2 Å². The second-order valence-corrected chi connectivity index (χ2v) is 7.15. The maximum absolute atomic E-state index is 12.5. The molecule has 4 rings (SSSR count). The van der Waals surface area contributed by atoms with Gasteiger partial charge >= 0.3 is 0 Å². The fourth-order valence-corrected chi connectivity index (χ4v) is 3.79. The van der Waals surface area contributed by atoms with Crippen molar-refractivity contribution in [3.8, 4) is 11.5 Å². The van der Waals surface area contributed by atoms with E-state index in [4.69, 9.17) is 9.47 Å². The Bertz CT molecular complexity index is 963. The van der Waals surface area contributed by atoms with Crippen molar-refractivity contribution < 1.29 is 14.3 Å². The molecular weight excluding hydrogens is 348 g/mol. The highest BCUT2D eigenvalue weighted by Crippen LogP contribution is 2.33. The van der Waals surface area contributed by atoms with Gasteiger partial charge < -0.3 is 14.4 Å². The van der Waals surface area contributed by atoms with E-state index in [1.807, 2.05) is 49.4 Å². The predicted octanol–water partition coefficient (Wildman–Crippen LogP) is 4.26. The lowest BCUT2D eigenvalue weighted by atomic mass is 10.2. The maximum atomic E-state index is 12.5. The summed E-state index contributed by atoms with van der Waals surface area (Å²) in [4.78, 5) is 18.9. The van der Waals surface area contributed by atoms with Crippen molar-refractivity contribution >= 4 is 33.5 Å². The van der Waals surface area contributed by atoms with Gasteiger partial charge in [0.15, 0.2) is 11.5 Å². The summed E-state index contributed by atoms with van der Waals surface area (Å²) in [5.74, 6) is 1.36. The molecule has 0 unspecified atom stereocenters. The number of amides is 1. The molecule has 0 bridgehead atoms. The number of carbonyl (C=O) groups excluding carboxylic acids is 1. The molecule has 0 aliphatic carbocycles. The molecule has 6 heteroatoms. The maximum Gasteiger partial charge on any atom is 0.246 e. The number of carbonyl (C=O) groups is 1. The molecule has 1 aromatic heterocycles. The van der Waals surface area contributed by atoms with E-state index in [1.165, 1.54) is 0 Å². The number of ether oxygens (including phenoxy) is 2. The number of hydrogen-bond donors (Lipinski definition) is 0. The first-order valence-electron chi connectivity index (χ1n) is 8.32. The number of fused-ring (bicyclic) bond motifs is 2. The average molecular weight is 366 g/mol. The van der Waals surface area contributed by atoms with Gasteiger partial charge in [0.25, 0.3) is 0 Å². The van der Waals surface area contributed by atoms with Gasteiger partial charge in [-0.05, 0) is 42.8 Å². The highest BCUT2D eigenvalue weighted by Gasteiger charge is 2.19. The average Bonchev–Trinajstić information content (AvgIpc) is 3.30. The van der Waals surface area contributed by atoms with E-state index in [-0.39, 0.29) is 18.7 Å². The first-order valence-corrected chi connectivity index (χ1v) is 9.13. The molecule has 3 aromatic rings. The van der Waals surface area contributed by atoms with E-state index in [1.54, 1.807) is 35.4 Å². The fourth-order valence-electron chi connectivity index (χ4n) is 2.73. The van der Waals surface area contributed by atoms with Crippen LogP contribution in [-0.2, 0) is 4.79 Å². The zero-order valence-corrected chi connectivity index (χ0v) is 15.3. The highest BCUT2D eigenvalue weighted by molar-refractivity contribution is 7.18. The number of nitrogens with zero attached hydrogens (tertiary/aromatic N) is 2. The quantitative estimate of drug-likeness (QED) is 0.648. The van der Waals surface area contributed by atoms with Gasteiger partial charge in [0.2, 0.25) is 12.7 Å². The van der Waals surface area contributed by atoms with Gasteiger partial charge in [-0.3, -0.25) is 4.79 Å². The van der Waals surface area contributed by atoms with E-state index < -0.39 is 0 Å². The summed E-state index contributed by atoms with van der Waals surface area (Å²) in [7, 11) is 1.79. The number of aromatic nitrogens is 1. The van der Waals surface area contributed by atoms with Crippen molar-refractivity contribution in [2.75, 3.05) is 13.8 Å². The molecule has 0 spiro atoms. The van der Waals surface area contributed by atoms with Crippen LogP contribution in [0.1, 0.15) is 23.5 Å². The summed E-state index contributed by atoms with van der Waals surface area (Å²) >= 11 is 1.62. The van der Waals surface area contributed by atoms with Crippen LogP contribution in [0.2, 0.25) is 0 Å². The minimum atomic E-state index is -0.0960. The summed E-state index contributed by atoms with van der Waals surface area (Å²) in [6, 6.07) is 13.5. The van der Waals surface area contributed by atoms with Crippen molar-refractivity contribution in [2.24, 2.45) is 0 Å². The van der Waals surface area contributed by atoms with Crippen LogP contribution < -0.4 is 9.47 Å². The van der Waals surface area contributed by atoms with Crippen LogP contribution in [0.25, 0.3) is 16.3 Å². The highest BCUT2D eigenvalue weighted by atomic mass is 32.1. The standard InChI is InChI=1S/C20H18N2O3S/c1-13(20-21-15-5-3-4-6-18(15)26-20)22(2)19(23)10-8-14-7-9-16-17(11-14)25-12-24-16/h3-11,13H,12H2,1-2H3/b10-8+/t13-/m1/s1. The number of likely N-dealkylation sites (N-methyl/N-ethyl adjacent to an activating group) is 1. The Balaban J connectivity index is 1.48. The Labute approximate surface area is 155 Å². The molecule has 0 radical (unpaired) electrons. The third kappa shape index (κ3) is 3.15. The van der Waals surface area contributed by atoms with Gasteiger partial charge in [-0.25, -0.2) is 4.98 Å². The predicted molar refractivity (Wildman–Crippen MR) is 102 cm³/mol. The lowest BCUT2D eigenvalue weighted by Crippen LogP contribution is -2.27. The van der Waals surface area contributed by atoms with Crippen molar-refractivity contribution in [3.05, 3.63) is 59.1 Å². The van der Waals surface area contributed by atoms with Crippen LogP contribution in [0.15, 0.2) is 48.5 Å². The summed E-state index contributed by atoms with van der Waals surface area (Å²) in [5, 5.41) is 0.929. The molecule has 5 nitrogen and oxygen atoms in total. The van der Waals surface area contributed by atoms with E-state index in [2.05, 4.69) is 4.98 Å². The van der Waals surface area contributed by atoms with Crippen LogP contribution in [-0.4, -0.2) is 29.6 Å². The molecule has 0 saturated carbocycles. The summed E-state index contributed by atoms with van der Waals surface area (Å²) < 4.78 is 11.8. The van der Waals surface area contributed by atoms with Gasteiger partial charge in [-0.15, -0.1) is 11.3 Å². The Kier molecular flexibility index (Phi) is 4.34. The smallest absolute Gasteiger partial charge is 0.246 e. The Morgan fingerprint density at radius 2 is 2.04 bits per heavy atom. The van der Waals surface area contributed by atoms with Crippen LogP contribution in [0.3, 0.4) is 0 Å². The van der Waals surface area contributed by atoms with Crippen molar-refractivity contribution in [1.29, 1.82) is 0 Å². The van der Waals surface area contributed by atoms with E-state index in [0.29, 0.717) is 5.75 Å².